The van der Waals surface area contributed by atoms with Crippen LogP contribution in [0.25, 0.3) is 0 Å². The molecule has 0 bridgehead atoms. The Morgan fingerprint density at radius 2 is 1.25 bits per heavy atom. The van der Waals surface area contributed by atoms with Gasteiger partial charge in [0.05, 0.1) is 25.6 Å². The fourth-order valence-electron chi connectivity index (χ4n) is 5.37. The highest BCUT2D eigenvalue weighted by atomic mass is 31.2. The van der Waals surface area contributed by atoms with E-state index in [-0.39, 0.29) is 32.8 Å². The number of unbranched alkanes of at least 4 members (excludes halogenated alkanes) is 14. The van der Waals surface area contributed by atoms with E-state index in [1.165, 1.54) is 83.5 Å². The molecule has 0 amide bonds. The molecule has 0 saturated heterocycles. The summed E-state index contributed by atoms with van der Waals surface area (Å²) in [6.07, 6.45) is 50.1. The molecular formula is C45H78NO8P. The zero-order valence-electron chi connectivity index (χ0n) is 34.5. The van der Waals surface area contributed by atoms with Crippen LogP contribution in [0.3, 0.4) is 0 Å². The van der Waals surface area contributed by atoms with E-state index in [0.717, 1.165) is 38.5 Å². The van der Waals surface area contributed by atoms with Crippen LogP contribution in [-0.2, 0) is 27.9 Å². The van der Waals surface area contributed by atoms with E-state index >= 15 is 0 Å². The topological polar surface area (TPSA) is 138 Å². The van der Waals surface area contributed by atoms with Crippen molar-refractivity contribution in [2.24, 2.45) is 5.73 Å². The molecule has 316 valence electrons. The molecule has 10 heteroatoms. The first-order valence-corrected chi connectivity index (χ1v) is 22.7. The Morgan fingerprint density at radius 3 is 1.85 bits per heavy atom. The van der Waals surface area contributed by atoms with Gasteiger partial charge >= 0.3 is 13.8 Å². The van der Waals surface area contributed by atoms with Crippen LogP contribution in [0.4, 0.5) is 0 Å². The van der Waals surface area contributed by atoms with Gasteiger partial charge in [0.15, 0.2) is 6.10 Å². The van der Waals surface area contributed by atoms with Gasteiger partial charge in [-0.05, 0) is 57.4 Å². The number of aliphatic hydroxyl groups is 1. The standard InChI is InChI=1S/C45H78NO8P/c1-3-5-7-9-11-13-15-17-18-19-21-23-25-27-29-34-39-51-41-44(42-53-55(49,50)52-40-38-46)54-45(48)37-33-30-32-36-43(47)35-31-28-26-24-22-20-16-14-12-10-8-6-4-2/h6,8,12,14,20,22,26,28,30-32,34-35,39,43-44,47H,3-5,7,9-11,13,15-19,21,23-25,27,29,33,36-38,40-42,46H2,1-2H3,(H,49,50)/b8-6-,14-12-,22-20-,28-26-,32-30-,35-31+,39-34-. The van der Waals surface area contributed by atoms with Gasteiger partial charge < -0.3 is 25.2 Å². The van der Waals surface area contributed by atoms with Crippen LogP contribution >= 0.6 is 7.82 Å². The summed E-state index contributed by atoms with van der Waals surface area (Å²) < 4.78 is 33.0. The summed E-state index contributed by atoms with van der Waals surface area (Å²) in [7, 11) is -4.34. The molecule has 9 nitrogen and oxygen atoms in total. The van der Waals surface area contributed by atoms with Crippen molar-refractivity contribution < 1.29 is 37.9 Å². The minimum absolute atomic E-state index is 0.0362. The lowest BCUT2D eigenvalue weighted by atomic mass is 10.0. The van der Waals surface area contributed by atoms with E-state index in [2.05, 4.69) is 50.3 Å². The van der Waals surface area contributed by atoms with Crippen molar-refractivity contribution in [3.8, 4) is 0 Å². The van der Waals surface area contributed by atoms with Gasteiger partial charge in [-0.1, -0.05) is 170 Å². The average Bonchev–Trinajstić information content (AvgIpc) is 3.17. The van der Waals surface area contributed by atoms with Crippen molar-refractivity contribution in [3.05, 3.63) is 85.3 Å². The molecule has 0 aliphatic heterocycles. The normalized spacial score (nSPS) is 14.9. The number of hydrogen-bond acceptors (Lipinski definition) is 8. The molecule has 0 rings (SSSR count). The Morgan fingerprint density at radius 1 is 0.673 bits per heavy atom. The van der Waals surface area contributed by atoms with E-state index < -0.39 is 26.0 Å². The van der Waals surface area contributed by atoms with E-state index in [9.17, 15) is 19.4 Å². The highest BCUT2D eigenvalue weighted by Crippen LogP contribution is 2.43. The number of carbonyl (C=O) groups excluding carboxylic acids is 1. The molecule has 0 heterocycles. The third-order valence-corrected chi connectivity index (χ3v) is 9.47. The molecule has 55 heavy (non-hydrogen) atoms. The molecule has 4 N–H and O–H groups in total. The number of phosphoric ester groups is 1. The summed E-state index contributed by atoms with van der Waals surface area (Å²) in [5, 5.41) is 10.2. The summed E-state index contributed by atoms with van der Waals surface area (Å²) >= 11 is 0. The molecule has 0 radical (unpaired) electrons. The quantitative estimate of drug-likeness (QED) is 0.0139. The van der Waals surface area contributed by atoms with Crippen LogP contribution in [0, 0.1) is 0 Å². The average molecular weight is 792 g/mol. The fraction of sp³-hybridized carbons (Fsp3) is 0.667. The summed E-state index contributed by atoms with van der Waals surface area (Å²) in [6.45, 7) is 3.91. The third kappa shape index (κ3) is 40.9. The molecule has 0 aliphatic rings. The van der Waals surface area contributed by atoms with Gasteiger partial charge in [-0.2, -0.15) is 0 Å². The molecule has 0 fully saturated rings. The van der Waals surface area contributed by atoms with E-state index in [1.54, 1.807) is 12.3 Å². The Hall–Kier alpha value is -2.52. The van der Waals surface area contributed by atoms with E-state index in [4.69, 9.17) is 24.3 Å². The number of hydrogen-bond donors (Lipinski definition) is 3. The van der Waals surface area contributed by atoms with Crippen molar-refractivity contribution >= 4 is 13.8 Å². The predicted octanol–water partition coefficient (Wildman–Crippen LogP) is 11.8. The lowest BCUT2D eigenvalue weighted by Crippen LogP contribution is -2.27. The summed E-state index contributed by atoms with van der Waals surface area (Å²) in [6, 6.07) is 0. The number of rotatable bonds is 39. The van der Waals surface area contributed by atoms with E-state index in [1.807, 2.05) is 36.5 Å². The number of ether oxygens (including phenoxy) is 2. The van der Waals surface area contributed by atoms with Crippen molar-refractivity contribution in [3.63, 3.8) is 0 Å². The Balaban J connectivity index is 4.34. The second-order valence-electron chi connectivity index (χ2n) is 13.7. The summed E-state index contributed by atoms with van der Waals surface area (Å²) in [5.41, 5.74) is 5.35. The van der Waals surface area contributed by atoms with Gasteiger partial charge in [-0.15, -0.1) is 0 Å². The smallest absolute Gasteiger partial charge is 0.472 e. The number of allylic oxidation sites excluding steroid dienone is 11. The lowest BCUT2D eigenvalue weighted by molar-refractivity contribution is -0.153. The Labute approximate surface area is 335 Å². The van der Waals surface area contributed by atoms with Gasteiger partial charge in [0, 0.05) is 13.0 Å². The second kappa shape index (κ2) is 41.1. The number of aliphatic hydroxyl groups excluding tert-OH is 1. The zero-order valence-corrected chi connectivity index (χ0v) is 35.4. The highest BCUT2D eigenvalue weighted by molar-refractivity contribution is 7.47. The number of phosphoric acid groups is 1. The largest absolute Gasteiger partial charge is 0.498 e. The van der Waals surface area contributed by atoms with Crippen LogP contribution in [0.1, 0.15) is 155 Å². The maximum absolute atomic E-state index is 12.5. The van der Waals surface area contributed by atoms with Gasteiger partial charge in [-0.25, -0.2) is 4.57 Å². The monoisotopic (exact) mass is 792 g/mol. The maximum atomic E-state index is 12.5. The van der Waals surface area contributed by atoms with Crippen molar-refractivity contribution in [2.75, 3.05) is 26.4 Å². The minimum atomic E-state index is -4.34. The van der Waals surface area contributed by atoms with Crippen molar-refractivity contribution in [1.29, 1.82) is 0 Å². The first kappa shape index (κ1) is 52.5. The SMILES string of the molecule is CC/C=C\C/C=C\C/C=C\C/C=C\C=C\C(O)C/C=C\CCC(=O)OC(CO/C=C\CCCCCCCCCCCCCCCC)COP(=O)(O)OCCN. The Kier molecular flexibility index (Phi) is 39.2. The second-order valence-corrected chi connectivity index (χ2v) is 15.2. The summed E-state index contributed by atoms with van der Waals surface area (Å²) in [5.74, 6) is -0.497. The number of esters is 1. The summed E-state index contributed by atoms with van der Waals surface area (Å²) in [4.78, 5) is 22.4. The molecular weight excluding hydrogens is 713 g/mol. The Bertz CT molecular complexity index is 1130. The van der Waals surface area contributed by atoms with Gasteiger partial charge in [-0.3, -0.25) is 13.8 Å². The third-order valence-electron chi connectivity index (χ3n) is 8.48. The van der Waals surface area contributed by atoms with Gasteiger partial charge in [0.2, 0.25) is 0 Å². The molecule has 0 aromatic rings. The molecule has 3 unspecified atom stereocenters. The first-order valence-electron chi connectivity index (χ1n) is 21.2. The molecule has 0 aromatic carbocycles. The van der Waals surface area contributed by atoms with Crippen LogP contribution in [0.2, 0.25) is 0 Å². The highest BCUT2D eigenvalue weighted by Gasteiger charge is 2.25. The number of carbonyl (C=O) groups is 1. The van der Waals surface area contributed by atoms with Crippen LogP contribution < -0.4 is 5.73 Å². The lowest BCUT2D eigenvalue weighted by Gasteiger charge is -2.19. The minimum Gasteiger partial charge on any atom is -0.498 e. The molecule has 0 spiro atoms. The van der Waals surface area contributed by atoms with Gasteiger partial charge in [0.1, 0.15) is 6.61 Å². The first-order chi connectivity index (χ1) is 26.8. The fourth-order valence-corrected chi connectivity index (χ4v) is 6.13. The van der Waals surface area contributed by atoms with Crippen molar-refractivity contribution in [2.45, 2.75) is 167 Å². The zero-order chi connectivity index (χ0) is 40.3. The molecule has 3 atom stereocenters. The van der Waals surface area contributed by atoms with Gasteiger partial charge in [0.25, 0.3) is 0 Å². The maximum Gasteiger partial charge on any atom is 0.472 e. The number of nitrogens with two attached hydrogens (primary N) is 1. The van der Waals surface area contributed by atoms with Crippen LogP contribution in [0.15, 0.2) is 85.3 Å². The molecule has 0 aliphatic carbocycles. The van der Waals surface area contributed by atoms with Crippen LogP contribution in [-0.4, -0.2) is 54.5 Å². The molecule has 0 aromatic heterocycles. The van der Waals surface area contributed by atoms with Crippen LogP contribution in [0.5, 0.6) is 0 Å². The van der Waals surface area contributed by atoms with Crippen molar-refractivity contribution in [1.82, 2.24) is 0 Å². The predicted molar refractivity (Wildman–Crippen MR) is 230 cm³/mol. The molecule has 0 saturated carbocycles. The van der Waals surface area contributed by atoms with E-state index in [0.29, 0.717) is 12.8 Å².